The Morgan fingerprint density at radius 1 is 0.812 bits per heavy atom. The van der Waals surface area contributed by atoms with Gasteiger partial charge in [0.1, 0.15) is 11.9 Å². The minimum absolute atomic E-state index is 0.716. The van der Waals surface area contributed by atoms with E-state index in [2.05, 4.69) is 24.2 Å². The van der Waals surface area contributed by atoms with E-state index in [-0.39, 0.29) is 0 Å². The van der Waals surface area contributed by atoms with E-state index in [1.165, 1.54) is 5.56 Å². The molecule has 1 nitrogen and oxygen atoms in total. The van der Waals surface area contributed by atoms with Gasteiger partial charge in [0.25, 0.3) is 0 Å². The fourth-order valence-corrected chi connectivity index (χ4v) is 1.32. The van der Waals surface area contributed by atoms with Crippen LogP contribution in [0.15, 0.2) is 60.7 Å². The fraction of sp³-hybridized carbons (Fsp3) is 0.0667. The lowest BCUT2D eigenvalue weighted by Crippen LogP contribution is -1.84. The normalized spacial score (nSPS) is 9.00. The summed E-state index contributed by atoms with van der Waals surface area (Å²) in [6.07, 6.45) is 3.42. The molecular weight excluding hydrogens is 196 g/mol. The molecule has 2 aromatic carbocycles. The van der Waals surface area contributed by atoms with Gasteiger partial charge in [-0.2, -0.15) is 0 Å². The molecule has 0 atom stereocenters. The van der Waals surface area contributed by atoms with Crippen molar-refractivity contribution >= 4 is 0 Å². The smallest absolute Gasteiger partial charge is 0.140 e. The van der Waals surface area contributed by atoms with Crippen molar-refractivity contribution in [1.29, 1.82) is 0 Å². The number of hydrogen-bond donors (Lipinski definition) is 0. The van der Waals surface area contributed by atoms with Gasteiger partial charge in [-0.15, -0.1) is 0 Å². The lowest BCUT2D eigenvalue weighted by atomic mass is 10.2. The maximum absolute atomic E-state index is 5.27. The van der Waals surface area contributed by atoms with Crippen molar-refractivity contribution in [3.63, 3.8) is 0 Å². The zero-order valence-electron chi connectivity index (χ0n) is 8.89. The minimum Gasteiger partial charge on any atom is -0.408 e. The van der Waals surface area contributed by atoms with Crippen LogP contribution in [-0.2, 0) is 6.42 Å². The molecule has 0 aliphatic carbocycles. The largest absolute Gasteiger partial charge is 0.408 e. The molecule has 0 aliphatic rings. The average Bonchev–Trinajstić information content (AvgIpc) is 2.37. The first kappa shape index (κ1) is 10.3. The Hall–Kier alpha value is -2.20. The first-order valence-corrected chi connectivity index (χ1v) is 5.19. The summed E-state index contributed by atoms with van der Waals surface area (Å²) >= 11 is 0. The van der Waals surface area contributed by atoms with Crippen molar-refractivity contribution in [2.75, 3.05) is 0 Å². The molecule has 0 amide bonds. The van der Waals surface area contributed by atoms with Crippen molar-refractivity contribution in [3.8, 4) is 17.8 Å². The second kappa shape index (κ2) is 5.63. The topological polar surface area (TPSA) is 9.23 Å². The molecule has 0 heterocycles. The molecule has 0 aliphatic heterocycles. The van der Waals surface area contributed by atoms with Crippen LogP contribution in [0.1, 0.15) is 5.56 Å². The van der Waals surface area contributed by atoms with Crippen LogP contribution in [0.3, 0.4) is 0 Å². The van der Waals surface area contributed by atoms with Gasteiger partial charge in [-0.1, -0.05) is 54.5 Å². The summed E-state index contributed by atoms with van der Waals surface area (Å²) < 4.78 is 5.27. The van der Waals surface area contributed by atoms with Gasteiger partial charge in [-0.05, 0) is 17.7 Å². The molecule has 0 unspecified atom stereocenters. The van der Waals surface area contributed by atoms with Gasteiger partial charge >= 0.3 is 0 Å². The molecule has 0 saturated heterocycles. The molecule has 0 aromatic heterocycles. The van der Waals surface area contributed by atoms with Crippen molar-refractivity contribution in [3.05, 3.63) is 66.2 Å². The molecule has 1 heteroatoms. The third-order valence-corrected chi connectivity index (χ3v) is 2.12. The van der Waals surface area contributed by atoms with Gasteiger partial charge in [0.05, 0.1) is 0 Å². The van der Waals surface area contributed by atoms with Crippen molar-refractivity contribution in [2.24, 2.45) is 0 Å². The number of rotatable bonds is 2. The molecule has 2 rings (SSSR count). The molecular formula is C15H12O. The van der Waals surface area contributed by atoms with E-state index in [1.807, 2.05) is 48.5 Å². The molecule has 0 N–H and O–H groups in total. The molecule has 0 radical (unpaired) electrons. The second-order valence-corrected chi connectivity index (χ2v) is 3.36. The predicted molar refractivity (Wildman–Crippen MR) is 65.0 cm³/mol. The highest BCUT2D eigenvalue weighted by molar-refractivity contribution is 5.24. The molecule has 16 heavy (non-hydrogen) atoms. The summed E-state index contributed by atoms with van der Waals surface area (Å²) in [6.45, 7) is 0. The summed E-state index contributed by atoms with van der Waals surface area (Å²) in [5.41, 5.74) is 1.20. The highest BCUT2D eigenvalue weighted by Crippen LogP contribution is 2.07. The summed E-state index contributed by atoms with van der Waals surface area (Å²) in [7, 11) is 0. The Labute approximate surface area is 95.7 Å². The van der Waals surface area contributed by atoms with Crippen LogP contribution in [0.2, 0.25) is 0 Å². The third kappa shape index (κ3) is 3.18. The Morgan fingerprint density at radius 2 is 1.44 bits per heavy atom. The van der Waals surface area contributed by atoms with E-state index < -0.39 is 0 Å². The highest BCUT2D eigenvalue weighted by atomic mass is 16.5. The van der Waals surface area contributed by atoms with Crippen LogP contribution >= 0.6 is 0 Å². The fourth-order valence-electron chi connectivity index (χ4n) is 1.32. The molecule has 0 bridgehead atoms. The van der Waals surface area contributed by atoms with Crippen LogP contribution in [0, 0.1) is 12.0 Å². The van der Waals surface area contributed by atoms with E-state index in [1.54, 1.807) is 0 Å². The van der Waals surface area contributed by atoms with Crippen LogP contribution in [0.25, 0.3) is 0 Å². The summed E-state index contributed by atoms with van der Waals surface area (Å²) in [6, 6.07) is 19.7. The van der Waals surface area contributed by atoms with E-state index in [0.29, 0.717) is 6.42 Å². The van der Waals surface area contributed by atoms with E-state index in [4.69, 9.17) is 4.74 Å². The van der Waals surface area contributed by atoms with E-state index in [9.17, 15) is 0 Å². The number of ether oxygens (including phenoxy) is 1. The Kier molecular flexibility index (Phi) is 3.63. The third-order valence-electron chi connectivity index (χ3n) is 2.12. The quantitative estimate of drug-likeness (QED) is 0.688. The van der Waals surface area contributed by atoms with Gasteiger partial charge in [0, 0.05) is 6.42 Å². The van der Waals surface area contributed by atoms with Crippen LogP contribution in [0.4, 0.5) is 0 Å². The van der Waals surface area contributed by atoms with Crippen molar-refractivity contribution in [1.82, 2.24) is 0 Å². The molecule has 0 saturated carbocycles. The SMILES string of the molecule is C(#COc1ccccc1)Cc1ccccc1. The summed E-state index contributed by atoms with van der Waals surface area (Å²) in [5.74, 6) is 3.76. The zero-order chi connectivity index (χ0) is 11.1. The number of benzene rings is 2. The highest BCUT2D eigenvalue weighted by Gasteiger charge is 1.87. The summed E-state index contributed by atoms with van der Waals surface area (Å²) in [4.78, 5) is 0. The van der Waals surface area contributed by atoms with Crippen LogP contribution < -0.4 is 4.74 Å². The van der Waals surface area contributed by atoms with Crippen LogP contribution in [0.5, 0.6) is 5.75 Å². The lowest BCUT2D eigenvalue weighted by molar-refractivity contribution is 0.519. The van der Waals surface area contributed by atoms with Crippen molar-refractivity contribution in [2.45, 2.75) is 6.42 Å². The first-order chi connectivity index (χ1) is 7.95. The Balaban J connectivity index is 1.88. The maximum Gasteiger partial charge on any atom is 0.140 e. The van der Waals surface area contributed by atoms with Crippen LogP contribution in [-0.4, -0.2) is 0 Å². The maximum atomic E-state index is 5.27. The monoisotopic (exact) mass is 208 g/mol. The average molecular weight is 208 g/mol. The van der Waals surface area contributed by atoms with Crippen molar-refractivity contribution < 1.29 is 4.74 Å². The first-order valence-electron chi connectivity index (χ1n) is 5.19. The summed E-state index contributed by atoms with van der Waals surface area (Å²) in [5, 5.41) is 0. The van der Waals surface area contributed by atoms with E-state index in [0.717, 1.165) is 5.75 Å². The lowest BCUT2D eigenvalue weighted by Gasteiger charge is -1.94. The standard InChI is InChI=1S/C15H12O/c1-3-8-14(9-4-1)10-7-13-16-15-11-5-2-6-12-15/h1-6,8-9,11-12H,10H2. The van der Waals surface area contributed by atoms with Gasteiger partial charge < -0.3 is 4.74 Å². The molecule has 78 valence electrons. The van der Waals surface area contributed by atoms with Gasteiger partial charge in [-0.3, -0.25) is 0 Å². The van der Waals surface area contributed by atoms with Gasteiger partial charge in [-0.25, -0.2) is 0 Å². The molecule has 0 fully saturated rings. The van der Waals surface area contributed by atoms with Gasteiger partial charge in [0.2, 0.25) is 0 Å². The molecule has 0 spiro atoms. The minimum atomic E-state index is 0.716. The van der Waals surface area contributed by atoms with E-state index >= 15 is 0 Å². The Morgan fingerprint density at radius 3 is 2.12 bits per heavy atom. The second-order valence-electron chi connectivity index (χ2n) is 3.36. The van der Waals surface area contributed by atoms with Gasteiger partial charge in [0.15, 0.2) is 0 Å². The number of para-hydroxylation sites is 1. The predicted octanol–water partition coefficient (Wildman–Crippen LogP) is 3.27. The molecule has 2 aromatic rings. The Bertz CT molecular complexity index is 432. The number of hydrogen-bond acceptors (Lipinski definition) is 1. The zero-order valence-corrected chi connectivity index (χ0v) is 8.89.